The molecule has 2 aromatic rings. The van der Waals surface area contributed by atoms with Crippen LogP contribution in [0.3, 0.4) is 0 Å². The van der Waals surface area contributed by atoms with Crippen molar-refractivity contribution in [2.45, 2.75) is 6.04 Å². The van der Waals surface area contributed by atoms with E-state index in [4.69, 9.17) is 40.6 Å². The summed E-state index contributed by atoms with van der Waals surface area (Å²) in [7, 11) is 0. The summed E-state index contributed by atoms with van der Waals surface area (Å²) in [6.45, 7) is 0. The minimum absolute atomic E-state index is 0.295. The van der Waals surface area contributed by atoms with Crippen molar-refractivity contribution in [2.24, 2.45) is 5.84 Å². The van der Waals surface area contributed by atoms with Crippen LogP contribution in [-0.4, -0.2) is 4.98 Å². The third-order valence-electron chi connectivity index (χ3n) is 2.52. The van der Waals surface area contributed by atoms with Gasteiger partial charge in [0, 0.05) is 16.2 Å². The van der Waals surface area contributed by atoms with Crippen LogP contribution in [0, 0.1) is 0 Å². The maximum Gasteiger partial charge on any atom is 0.129 e. The molecule has 94 valence electrons. The maximum atomic E-state index is 6.16. The first-order valence-corrected chi connectivity index (χ1v) is 6.27. The Labute approximate surface area is 120 Å². The molecule has 0 aliphatic rings. The monoisotopic (exact) mass is 301 g/mol. The van der Waals surface area contributed by atoms with Gasteiger partial charge in [-0.3, -0.25) is 5.84 Å². The Morgan fingerprint density at radius 2 is 1.89 bits per heavy atom. The molecule has 3 N–H and O–H groups in total. The topological polar surface area (TPSA) is 50.9 Å². The Hall–Kier alpha value is -0.840. The third kappa shape index (κ3) is 2.94. The van der Waals surface area contributed by atoms with E-state index >= 15 is 0 Å². The van der Waals surface area contributed by atoms with Gasteiger partial charge in [-0.15, -0.1) is 0 Å². The van der Waals surface area contributed by atoms with E-state index in [1.54, 1.807) is 30.5 Å². The predicted molar refractivity (Wildman–Crippen MR) is 74.9 cm³/mol. The van der Waals surface area contributed by atoms with E-state index in [2.05, 4.69) is 10.4 Å². The number of halogens is 3. The predicted octanol–water partition coefficient (Wildman–Crippen LogP) is 3.59. The zero-order chi connectivity index (χ0) is 13.1. The number of nitrogens with zero attached hydrogens (tertiary/aromatic N) is 1. The van der Waals surface area contributed by atoms with Crippen LogP contribution < -0.4 is 11.3 Å². The van der Waals surface area contributed by atoms with Crippen LogP contribution in [0.4, 0.5) is 0 Å². The molecule has 0 amide bonds. The van der Waals surface area contributed by atoms with Crippen molar-refractivity contribution in [3.63, 3.8) is 0 Å². The molecule has 1 unspecified atom stereocenters. The van der Waals surface area contributed by atoms with Crippen LogP contribution in [-0.2, 0) is 0 Å². The molecule has 6 heteroatoms. The summed E-state index contributed by atoms with van der Waals surface area (Å²) in [6.07, 6.45) is 1.61. The summed E-state index contributed by atoms with van der Waals surface area (Å²) < 4.78 is 0. The summed E-state index contributed by atoms with van der Waals surface area (Å²) in [5.41, 5.74) is 4.35. The number of benzene rings is 1. The first-order valence-electron chi connectivity index (χ1n) is 5.14. The lowest BCUT2D eigenvalue weighted by Crippen LogP contribution is -2.29. The fourth-order valence-corrected chi connectivity index (χ4v) is 2.29. The van der Waals surface area contributed by atoms with Gasteiger partial charge >= 0.3 is 0 Å². The lowest BCUT2D eigenvalue weighted by atomic mass is 10.0. The van der Waals surface area contributed by atoms with Gasteiger partial charge in [0.25, 0.3) is 0 Å². The van der Waals surface area contributed by atoms with E-state index < -0.39 is 0 Å². The standard InChI is InChI=1S/C12H10Cl3N3/c13-8-1-2-10(14)9(6-8)12(18-16)7-3-4-17-11(15)5-7/h1-6,12,18H,16H2. The number of hydrogen-bond donors (Lipinski definition) is 2. The van der Waals surface area contributed by atoms with Gasteiger partial charge in [0.2, 0.25) is 0 Å². The van der Waals surface area contributed by atoms with Crippen LogP contribution in [0.2, 0.25) is 15.2 Å². The zero-order valence-corrected chi connectivity index (χ0v) is 11.5. The van der Waals surface area contributed by atoms with Gasteiger partial charge in [-0.25, -0.2) is 10.4 Å². The Morgan fingerprint density at radius 1 is 1.11 bits per heavy atom. The van der Waals surface area contributed by atoms with Crippen LogP contribution in [0.25, 0.3) is 0 Å². The normalized spacial score (nSPS) is 12.4. The molecule has 1 atom stereocenters. The van der Waals surface area contributed by atoms with E-state index in [0.29, 0.717) is 15.2 Å². The van der Waals surface area contributed by atoms with Crippen molar-refractivity contribution in [2.75, 3.05) is 0 Å². The van der Waals surface area contributed by atoms with E-state index in [-0.39, 0.29) is 6.04 Å². The Morgan fingerprint density at radius 3 is 2.56 bits per heavy atom. The number of nitrogens with two attached hydrogens (primary N) is 1. The number of nitrogens with one attached hydrogen (secondary N) is 1. The highest BCUT2D eigenvalue weighted by Gasteiger charge is 2.16. The molecule has 0 saturated heterocycles. The highest BCUT2D eigenvalue weighted by Crippen LogP contribution is 2.30. The van der Waals surface area contributed by atoms with Gasteiger partial charge in [-0.05, 0) is 41.5 Å². The SMILES string of the molecule is NNC(c1ccnc(Cl)c1)c1cc(Cl)ccc1Cl. The summed E-state index contributed by atoms with van der Waals surface area (Å²) in [6, 6.07) is 8.46. The minimum atomic E-state index is -0.295. The molecule has 2 rings (SSSR count). The van der Waals surface area contributed by atoms with E-state index in [9.17, 15) is 0 Å². The molecule has 1 heterocycles. The quantitative estimate of drug-likeness (QED) is 0.517. The average molecular weight is 303 g/mol. The second-order valence-electron chi connectivity index (χ2n) is 3.68. The van der Waals surface area contributed by atoms with Crippen molar-refractivity contribution in [3.8, 4) is 0 Å². The molecule has 18 heavy (non-hydrogen) atoms. The van der Waals surface area contributed by atoms with Gasteiger partial charge in [-0.2, -0.15) is 0 Å². The minimum Gasteiger partial charge on any atom is -0.271 e. The Kier molecular flexibility index (Phi) is 4.43. The number of hydrogen-bond acceptors (Lipinski definition) is 3. The van der Waals surface area contributed by atoms with Crippen LogP contribution in [0.15, 0.2) is 36.5 Å². The zero-order valence-electron chi connectivity index (χ0n) is 9.20. The van der Waals surface area contributed by atoms with Crippen LogP contribution in [0.1, 0.15) is 17.2 Å². The second-order valence-corrected chi connectivity index (χ2v) is 4.91. The van der Waals surface area contributed by atoms with E-state index in [0.717, 1.165) is 11.1 Å². The van der Waals surface area contributed by atoms with Crippen molar-refractivity contribution >= 4 is 34.8 Å². The van der Waals surface area contributed by atoms with E-state index in [1.807, 2.05) is 6.07 Å². The molecule has 0 aliphatic carbocycles. The molecular weight excluding hydrogens is 293 g/mol. The molecule has 0 saturated carbocycles. The lowest BCUT2D eigenvalue weighted by Gasteiger charge is -2.18. The largest absolute Gasteiger partial charge is 0.271 e. The van der Waals surface area contributed by atoms with Crippen LogP contribution in [0.5, 0.6) is 0 Å². The molecule has 1 aromatic heterocycles. The summed E-state index contributed by atoms with van der Waals surface area (Å²) >= 11 is 18.0. The lowest BCUT2D eigenvalue weighted by molar-refractivity contribution is 0.636. The average Bonchev–Trinajstić information content (AvgIpc) is 2.35. The van der Waals surface area contributed by atoms with Gasteiger partial charge in [-0.1, -0.05) is 34.8 Å². The van der Waals surface area contributed by atoms with Gasteiger partial charge in [0.15, 0.2) is 0 Å². The molecule has 0 bridgehead atoms. The highest BCUT2D eigenvalue weighted by molar-refractivity contribution is 6.33. The molecule has 0 aliphatic heterocycles. The fraction of sp³-hybridized carbons (Fsp3) is 0.0833. The smallest absolute Gasteiger partial charge is 0.129 e. The molecule has 0 radical (unpaired) electrons. The Balaban J connectivity index is 2.48. The van der Waals surface area contributed by atoms with Crippen LogP contribution >= 0.6 is 34.8 Å². The molecule has 0 fully saturated rings. The number of rotatable bonds is 3. The first-order chi connectivity index (χ1) is 8.61. The number of pyridine rings is 1. The Bertz CT molecular complexity index is 560. The van der Waals surface area contributed by atoms with E-state index in [1.165, 1.54) is 0 Å². The maximum absolute atomic E-state index is 6.16. The summed E-state index contributed by atoms with van der Waals surface area (Å²) in [5, 5.41) is 1.57. The number of aromatic nitrogens is 1. The van der Waals surface area contributed by atoms with Crippen molar-refractivity contribution in [1.29, 1.82) is 0 Å². The highest BCUT2D eigenvalue weighted by atomic mass is 35.5. The molecule has 0 spiro atoms. The van der Waals surface area contributed by atoms with Gasteiger partial charge in [0.1, 0.15) is 5.15 Å². The first kappa shape index (κ1) is 13.6. The summed E-state index contributed by atoms with van der Waals surface area (Å²) in [5.74, 6) is 5.59. The third-order valence-corrected chi connectivity index (χ3v) is 3.31. The summed E-state index contributed by atoms with van der Waals surface area (Å²) in [4.78, 5) is 3.93. The van der Waals surface area contributed by atoms with Gasteiger partial charge < -0.3 is 0 Å². The number of hydrazine groups is 1. The van der Waals surface area contributed by atoms with Gasteiger partial charge in [0.05, 0.1) is 6.04 Å². The molecular formula is C12H10Cl3N3. The fourth-order valence-electron chi connectivity index (χ4n) is 1.70. The molecule has 1 aromatic carbocycles. The second kappa shape index (κ2) is 5.87. The molecule has 3 nitrogen and oxygen atoms in total. The van der Waals surface area contributed by atoms with Crippen molar-refractivity contribution < 1.29 is 0 Å². The van der Waals surface area contributed by atoms with Crippen molar-refractivity contribution in [3.05, 3.63) is 62.9 Å². The van der Waals surface area contributed by atoms with Crippen molar-refractivity contribution in [1.82, 2.24) is 10.4 Å².